The maximum Gasteiger partial charge on any atom is 0.495 e. The molecule has 1 aromatic carbocycles. The van der Waals surface area contributed by atoms with Crippen molar-refractivity contribution < 1.29 is 28.7 Å². The molecule has 8 heteroatoms. The van der Waals surface area contributed by atoms with Gasteiger partial charge in [-0.2, -0.15) is 0 Å². The number of benzene rings is 1. The molecule has 0 aromatic heterocycles. The number of anilines is 1. The summed E-state index contributed by atoms with van der Waals surface area (Å²) in [7, 11) is 0.927. The van der Waals surface area contributed by atoms with E-state index in [0.29, 0.717) is 16.7 Å². The largest absolute Gasteiger partial charge is 0.495 e. The summed E-state index contributed by atoms with van der Waals surface area (Å²) >= 11 is 0. The first-order valence-corrected chi connectivity index (χ1v) is 9.71. The molecule has 0 atom stereocenters. The predicted molar refractivity (Wildman–Crippen MR) is 113 cm³/mol. The van der Waals surface area contributed by atoms with Crippen LogP contribution in [0.15, 0.2) is 12.1 Å². The summed E-state index contributed by atoms with van der Waals surface area (Å²) in [4.78, 5) is 25.3. The van der Waals surface area contributed by atoms with Gasteiger partial charge < -0.3 is 19.2 Å². The van der Waals surface area contributed by atoms with Gasteiger partial charge in [0.15, 0.2) is 0 Å². The Labute approximate surface area is 173 Å². The normalized spacial score (nSPS) is 17.9. The minimum atomic E-state index is -0.954. The highest BCUT2D eigenvalue weighted by Crippen LogP contribution is 2.37. The Morgan fingerprint density at radius 1 is 1.14 bits per heavy atom. The summed E-state index contributed by atoms with van der Waals surface area (Å²) in [5, 5.41) is 9.34. The fourth-order valence-electron chi connectivity index (χ4n) is 2.97. The lowest BCUT2D eigenvalue weighted by atomic mass is 9.74. The molecule has 2 rings (SSSR count). The number of rotatable bonds is 4. The Kier molecular flexibility index (Phi) is 6.13. The lowest BCUT2D eigenvalue weighted by molar-refractivity contribution is -0.136. The van der Waals surface area contributed by atoms with Crippen molar-refractivity contribution in [2.24, 2.45) is 0 Å². The van der Waals surface area contributed by atoms with Crippen molar-refractivity contribution in [1.82, 2.24) is 0 Å². The maximum absolute atomic E-state index is 12.5. The maximum atomic E-state index is 12.5. The van der Waals surface area contributed by atoms with E-state index in [9.17, 15) is 14.7 Å². The molecule has 1 amide bonds. The Morgan fingerprint density at radius 3 is 2.10 bits per heavy atom. The Hall–Kier alpha value is -2.06. The van der Waals surface area contributed by atoms with E-state index in [-0.39, 0.29) is 6.42 Å². The highest BCUT2D eigenvalue weighted by Gasteiger charge is 2.52. The van der Waals surface area contributed by atoms with Gasteiger partial charge in [0, 0.05) is 12.7 Å². The molecule has 1 N–H and O–H groups in total. The van der Waals surface area contributed by atoms with Crippen LogP contribution in [0.1, 0.15) is 59.6 Å². The van der Waals surface area contributed by atoms with Crippen LogP contribution >= 0.6 is 0 Å². The average Bonchev–Trinajstić information content (AvgIpc) is 2.74. The topological polar surface area (TPSA) is 85.3 Å². The van der Waals surface area contributed by atoms with E-state index < -0.39 is 36.0 Å². The Balaban J connectivity index is 2.50. The Morgan fingerprint density at radius 2 is 1.66 bits per heavy atom. The van der Waals surface area contributed by atoms with Crippen molar-refractivity contribution in [3.8, 4) is 0 Å². The fraction of sp³-hybridized carbons (Fsp3) is 0.619. The summed E-state index contributed by atoms with van der Waals surface area (Å²) in [6.07, 6.45) is -0.698. The van der Waals surface area contributed by atoms with Crippen molar-refractivity contribution in [3.63, 3.8) is 0 Å². The van der Waals surface area contributed by atoms with Crippen LogP contribution in [0.4, 0.5) is 10.5 Å². The van der Waals surface area contributed by atoms with Gasteiger partial charge >= 0.3 is 19.2 Å². The molecule has 1 heterocycles. The number of ether oxygens (including phenoxy) is 1. The van der Waals surface area contributed by atoms with Gasteiger partial charge in [0.05, 0.1) is 17.6 Å². The minimum Gasteiger partial charge on any atom is -0.481 e. The number of carboxylic acids is 1. The number of nitrogens with zero attached hydrogens (tertiary/aromatic N) is 1. The van der Waals surface area contributed by atoms with E-state index in [0.717, 1.165) is 5.56 Å². The zero-order valence-corrected chi connectivity index (χ0v) is 18.9. The number of amides is 1. The number of aliphatic carboxylic acids is 1. The zero-order valence-electron chi connectivity index (χ0n) is 18.9. The van der Waals surface area contributed by atoms with E-state index in [1.54, 1.807) is 40.0 Å². The van der Waals surface area contributed by atoms with E-state index >= 15 is 0 Å². The summed E-state index contributed by atoms with van der Waals surface area (Å²) in [5.41, 5.74) is 0.865. The molecular formula is C21H32BNO6. The third kappa shape index (κ3) is 5.11. The Bertz CT molecular complexity index is 796. The second-order valence-electron chi connectivity index (χ2n) is 9.52. The smallest absolute Gasteiger partial charge is 0.481 e. The molecular weight excluding hydrogens is 373 g/mol. The highest BCUT2D eigenvalue weighted by molar-refractivity contribution is 6.62. The van der Waals surface area contributed by atoms with Gasteiger partial charge in [-0.3, -0.25) is 9.69 Å². The molecule has 0 unspecified atom stereocenters. The fourth-order valence-corrected chi connectivity index (χ4v) is 2.97. The standard InChI is InChI=1S/C21H32BNO6/c1-13-14(11-17(24)25)10-15(23(9)18(26)27-19(2,3)4)12-16(13)22-28-20(5,6)21(7,8)29-22/h10,12H,11H2,1-9H3,(H,24,25). The van der Waals surface area contributed by atoms with Crippen molar-refractivity contribution in [2.45, 2.75) is 78.6 Å². The van der Waals surface area contributed by atoms with Crippen LogP contribution in [0.5, 0.6) is 0 Å². The second-order valence-corrected chi connectivity index (χ2v) is 9.52. The molecule has 1 fully saturated rings. The van der Waals surface area contributed by atoms with Crippen LogP contribution < -0.4 is 10.4 Å². The summed E-state index contributed by atoms with van der Waals surface area (Å²) < 4.78 is 17.8. The lowest BCUT2D eigenvalue weighted by Gasteiger charge is -2.32. The third-order valence-corrected chi connectivity index (χ3v) is 5.44. The molecule has 0 radical (unpaired) electrons. The van der Waals surface area contributed by atoms with Gasteiger partial charge in [-0.05, 0) is 84.1 Å². The molecule has 1 saturated heterocycles. The van der Waals surface area contributed by atoms with Gasteiger partial charge in [0.2, 0.25) is 0 Å². The molecule has 0 aliphatic carbocycles. The zero-order chi connectivity index (χ0) is 22.4. The SMILES string of the molecule is Cc1c(CC(=O)O)cc(N(C)C(=O)OC(C)(C)C)cc1B1OC(C)(C)C(C)(C)O1. The number of hydrogen-bond donors (Lipinski definition) is 1. The lowest BCUT2D eigenvalue weighted by Crippen LogP contribution is -2.41. The summed E-state index contributed by atoms with van der Waals surface area (Å²) in [6.45, 7) is 15.0. The summed E-state index contributed by atoms with van der Waals surface area (Å²) in [6, 6.07) is 3.49. The number of hydrogen-bond acceptors (Lipinski definition) is 5. The molecule has 1 aromatic rings. The van der Waals surface area contributed by atoms with E-state index in [2.05, 4.69) is 0 Å². The van der Waals surface area contributed by atoms with Crippen LogP contribution in [0.25, 0.3) is 0 Å². The van der Waals surface area contributed by atoms with Crippen LogP contribution in [0, 0.1) is 6.92 Å². The predicted octanol–water partition coefficient (Wildman–Crippen LogP) is 3.29. The van der Waals surface area contributed by atoms with Crippen molar-refractivity contribution in [2.75, 3.05) is 11.9 Å². The van der Waals surface area contributed by atoms with E-state index in [4.69, 9.17) is 14.0 Å². The molecule has 1 aliphatic rings. The van der Waals surface area contributed by atoms with Crippen LogP contribution in [-0.2, 0) is 25.3 Å². The molecule has 7 nitrogen and oxygen atoms in total. The monoisotopic (exact) mass is 405 g/mol. The van der Waals surface area contributed by atoms with Gasteiger partial charge in [-0.25, -0.2) is 4.79 Å². The molecule has 1 aliphatic heterocycles. The second kappa shape index (κ2) is 7.65. The number of carbonyl (C=O) groups is 2. The van der Waals surface area contributed by atoms with Crippen LogP contribution in [0.3, 0.4) is 0 Å². The molecule has 160 valence electrons. The minimum absolute atomic E-state index is 0.172. The molecule has 0 spiro atoms. The van der Waals surface area contributed by atoms with Crippen LogP contribution in [-0.4, -0.2) is 48.1 Å². The van der Waals surface area contributed by atoms with Crippen molar-refractivity contribution in [3.05, 3.63) is 23.3 Å². The summed E-state index contributed by atoms with van der Waals surface area (Å²) in [5.74, 6) is -0.954. The third-order valence-electron chi connectivity index (χ3n) is 5.44. The quantitative estimate of drug-likeness (QED) is 0.774. The van der Waals surface area contributed by atoms with Gasteiger partial charge in [-0.1, -0.05) is 0 Å². The van der Waals surface area contributed by atoms with Gasteiger partial charge in [0.1, 0.15) is 5.60 Å². The molecule has 29 heavy (non-hydrogen) atoms. The highest BCUT2D eigenvalue weighted by atomic mass is 16.7. The molecule has 0 saturated carbocycles. The first kappa shape index (κ1) is 23.2. The first-order valence-electron chi connectivity index (χ1n) is 9.71. The van der Waals surface area contributed by atoms with Crippen LogP contribution in [0.2, 0.25) is 0 Å². The van der Waals surface area contributed by atoms with Gasteiger partial charge in [-0.15, -0.1) is 0 Å². The van der Waals surface area contributed by atoms with E-state index in [1.165, 1.54) is 4.90 Å². The number of carbonyl (C=O) groups excluding carboxylic acids is 1. The number of carboxylic acid groups (broad SMARTS) is 1. The van der Waals surface area contributed by atoms with E-state index in [1.807, 2.05) is 34.6 Å². The van der Waals surface area contributed by atoms with Crippen molar-refractivity contribution in [1.29, 1.82) is 0 Å². The van der Waals surface area contributed by atoms with Crippen molar-refractivity contribution >= 4 is 30.3 Å². The molecule has 0 bridgehead atoms. The first-order chi connectivity index (χ1) is 13.0. The average molecular weight is 405 g/mol. The van der Waals surface area contributed by atoms with Gasteiger partial charge in [0.25, 0.3) is 0 Å².